The first-order valence-corrected chi connectivity index (χ1v) is 1.13. The molecule has 0 rings (SSSR count). The Labute approximate surface area is 104 Å². The Morgan fingerprint density at radius 3 is 1.10 bits per heavy atom. The fraction of sp³-hybridized carbons (Fsp3) is 0. The van der Waals surface area contributed by atoms with E-state index in [4.69, 9.17) is 30.6 Å². The third kappa shape index (κ3) is 6370. The van der Waals surface area contributed by atoms with Gasteiger partial charge in [0.05, 0.1) is 0 Å². The largest absolute Gasteiger partial charge is 2.00 e. The van der Waals surface area contributed by atoms with Gasteiger partial charge in [0.15, 0.2) is 0 Å². The molecule has 0 fully saturated rings. The van der Waals surface area contributed by atoms with Crippen LogP contribution in [-0.2, 0) is 0 Å². The molecule has 0 unspecified atom stereocenters. The summed E-state index contributed by atoms with van der Waals surface area (Å²) in [6.45, 7) is 0. The van der Waals surface area contributed by atoms with Crippen LogP contribution >= 0.6 is 12.4 Å². The molecule has 0 saturated carbocycles. The summed E-state index contributed by atoms with van der Waals surface area (Å²) in [7, 11) is 0. The Bertz CT molecular complexity index is 81.5. The third-order valence-electron chi connectivity index (χ3n) is 0. The van der Waals surface area contributed by atoms with Gasteiger partial charge in [0.1, 0.15) is 0 Å². The standard InChI is InChI=1S/Ba.ClH.2HNO3.2H/c;;2*2-1(3)4;;/h;1H;2*(H,2,3,4);;/q+2;;;;2*-1. The van der Waals surface area contributed by atoms with Gasteiger partial charge in [-0.15, -0.1) is 32.6 Å². The van der Waals surface area contributed by atoms with Crippen molar-refractivity contribution in [3.8, 4) is 0 Å². The third-order valence-corrected chi connectivity index (χ3v) is 0. The van der Waals surface area contributed by atoms with Crippen LogP contribution in [0.5, 0.6) is 0 Å². The molecule has 0 saturated heterocycles. The molecule has 8 nitrogen and oxygen atoms in total. The molecule has 0 aromatic rings. The normalized spacial score (nSPS) is 4.80. The van der Waals surface area contributed by atoms with Crippen LogP contribution in [0.4, 0.5) is 0 Å². The first-order valence-electron chi connectivity index (χ1n) is 1.13. The molecule has 2 N–H and O–H groups in total. The van der Waals surface area contributed by atoms with Crippen molar-refractivity contribution < 1.29 is 23.4 Å². The van der Waals surface area contributed by atoms with Gasteiger partial charge in [-0.2, -0.15) is 0 Å². The molecule has 0 aliphatic heterocycles. The number of halogens is 1. The van der Waals surface area contributed by atoms with E-state index in [-0.39, 0.29) is 64.1 Å². The number of rotatable bonds is 0. The molecule has 0 spiro atoms. The Hall–Kier alpha value is 0.261. The second-order valence-corrected chi connectivity index (χ2v) is 0.476. The van der Waals surface area contributed by atoms with Gasteiger partial charge in [-0.05, 0) is 0 Å². The van der Waals surface area contributed by atoms with Gasteiger partial charge in [-0.1, -0.05) is 0 Å². The first kappa shape index (κ1) is 22.5. The van der Waals surface area contributed by atoms with Crippen LogP contribution < -0.4 is 0 Å². The van der Waals surface area contributed by atoms with Crippen LogP contribution in [-0.4, -0.2) is 69.5 Å². The summed E-state index contributed by atoms with van der Waals surface area (Å²) in [6, 6.07) is 0. The molecule has 0 amide bonds. The van der Waals surface area contributed by atoms with Crippen LogP contribution in [0.25, 0.3) is 0 Å². The predicted molar refractivity (Wildman–Crippen MR) is 32.8 cm³/mol. The fourth-order valence-electron chi connectivity index (χ4n) is 0. The molecule has 0 radical (unpaired) electrons. The van der Waals surface area contributed by atoms with E-state index in [0.717, 1.165) is 0 Å². The van der Waals surface area contributed by atoms with Crippen LogP contribution in [0, 0.1) is 20.2 Å². The summed E-state index contributed by atoms with van der Waals surface area (Å²) in [5.41, 5.74) is 0. The Morgan fingerprint density at radius 2 is 1.10 bits per heavy atom. The topological polar surface area (TPSA) is 127 Å². The average Bonchev–Trinajstić information content (AvgIpc) is 1.25. The second-order valence-electron chi connectivity index (χ2n) is 0.476. The summed E-state index contributed by atoms with van der Waals surface area (Å²) in [6.07, 6.45) is 0. The number of hydrogen-bond acceptors (Lipinski definition) is 4. The van der Waals surface area contributed by atoms with Crippen molar-refractivity contribution in [1.29, 1.82) is 0 Å². The quantitative estimate of drug-likeness (QED) is 0.355. The smallest absolute Gasteiger partial charge is 1.00 e. The maximum Gasteiger partial charge on any atom is 2.00 e. The van der Waals surface area contributed by atoms with Crippen molar-refractivity contribution >= 4 is 61.3 Å². The van der Waals surface area contributed by atoms with E-state index in [2.05, 4.69) is 0 Å². The van der Waals surface area contributed by atoms with Crippen molar-refractivity contribution in [3.63, 3.8) is 0 Å². The summed E-state index contributed by atoms with van der Waals surface area (Å²) in [5, 5.41) is 27.3. The Balaban J connectivity index is -0.0000000112. The maximum absolute atomic E-state index is 8.36. The van der Waals surface area contributed by atoms with E-state index in [1.165, 1.54) is 0 Å². The van der Waals surface area contributed by atoms with Crippen LogP contribution in [0.1, 0.15) is 2.85 Å². The zero-order valence-corrected chi connectivity index (χ0v) is 9.79. The Kier molecular flexibility index (Phi) is 36.2. The number of nitrogens with zero attached hydrogens (tertiary/aromatic N) is 2. The second kappa shape index (κ2) is 16.1. The van der Waals surface area contributed by atoms with E-state index >= 15 is 0 Å². The minimum Gasteiger partial charge on any atom is -1.00 e. The van der Waals surface area contributed by atoms with Crippen molar-refractivity contribution in [2.75, 3.05) is 0 Å². The molecule has 10 heteroatoms. The van der Waals surface area contributed by atoms with Gasteiger partial charge < -0.3 is 13.3 Å². The molecule has 0 aliphatic rings. The van der Waals surface area contributed by atoms with Crippen molar-refractivity contribution in [2.45, 2.75) is 0 Å². The van der Waals surface area contributed by atoms with Crippen molar-refractivity contribution in [3.05, 3.63) is 20.2 Å². The van der Waals surface area contributed by atoms with Gasteiger partial charge in [-0.3, -0.25) is 0 Å². The number of hydrogen-bond donors (Lipinski definition) is 2. The molecule has 0 aromatic carbocycles. The zero-order valence-electron chi connectivity index (χ0n) is 6.54. The zero-order chi connectivity index (χ0) is 7.15. The molecule has 10 heavy (non-hydrogen) atoms. The van der Waals surface area contributed by atoms with Crippen LogP contribution in [0.15, 0.2) is 0 Å². The van der Waals surface area contributed by atoms with Gasteiger partial charge in [0.25, 0.3) is 10.2 Å². The molecule has 60 valence electrons. The van der Waals surface area contributed by atoms with Crippen LogP contribution in [0.2, 0.25) is 0 Å². The monoisotopic (exact) mass is 302 g/mol. The fourth-order valence-corrected chi connectivity index (χ4v) is 0. The molecule has 0 atom stereocenters. The van der Waals surface area contributed by atoms with Crippen LogP contribution in [0.3, 0.4) is 0 Å². The summed E-state index contributed by atoms with van der Waals surface area (Å²) < 4.78 is 0. The minimum absolute atomic E-state index is 0. The SMILES string of the molecule is Cl.O=[N+]([O-])O.O=[N+]([O-])O.[Ba+2].[H-].[H-]. The van der Waals surface area contributed by atoms with Gasteiger partial charge in [0.2, 0.25) is 0 Å². The van der Waals surface area contributed by atoms with E-state index < -0.39 is 10.2 Å². The van der Waals surface area contributed by atoms with E-state index in [0.29, 0.717) is 0 Å². The molecular weight excluding hydrogens is 297 g/mol. The van der Waals surface area contributed by atoms with E-state index in [1.807, 2.05) is 0 Å². The average molecular weight is 302 g/mol. The van der Waals surface area contributed by atoms with Crippen molar-refractivity contribution in [1.82, 2.24) is 0 Å². The molecule has 0 bridgehead atoms. The molecule has 0 aliphatic carbocycles. The van der Waals surface area contributed by atoms with E-state index in [9.17, 15) is 0 Å². The van der Waals surface area contributed by atoms with Crippen molar-refractivity contribution in [2.24, 2.45) is 0 Å². The van der Waals surface area contributed by atoms with Gasteiger partial charge >= 0.3 is 48.9 Å². The van der Waals surface area contributed by atoms with Gasteiger partial charge in [-0.25, -0.2) is 0 Å². The first-order chi connectivity index (χ1) is 3.46. The van der Waals surface area contributed by atoms with E-state index in [1.54, 1.807) is 0 Å². The Morgan fingerprint density at radius 1 is 1.10 bits per heavy atom. The minimum atomic E-state index is -1.50. The molecule has 0 aromatic heterocycles. The summed E-state index contributed by atoms with van der Waals surface area (Å²) in [5.74, 6) is 0. The summed E-state index contributed by atoms with van der Waals surface area (Å²) in [4.78, 5) is 16.7. The maximum atomic E-state index is 8.36. The molecule has 0 heterocycles. The predicted octanol–water partition coefficient (Wildman–Crippen LogP) is -0.429. The molecular formula is H5BaClN2O6. The summed E-state index contributed by atoms with van der Waals surface area (Å²) >= 11 is 0. The van der Waals surface area contributed by atoms with Gasteiger partial charge in [0, 0.05) is 0 Å².